The highest BCUT2D eigenvalue weighted by atomic mass is 32.2. The Bertz CT molecular complexity index is 1530. The van der Waals surface area contributed by atoms with E-state index in [4.69, 9.17) is 11.1 Å². The molecule has 0 fully saturated rings. The van der Waals surface area contributed by atoms with Crippen LogP contribution >= 0.6 is 0 Å². The summed E-state index contributed by atoms with van der Waals surface area (Å²) >= 11 is 0. The van der Waals surface area contributed by atoms with Crippen molar-refractivity contribution < 1.29 is 28.5 Å². The number of hydrogen-bond acceptors (Lipinski definition) is 7. The number of nitrogen functional groups attached to an aromatic ring is 1. The third kappa shape index (κ3) is 4.47. The molecule has 1 heterocycles. The number of imidazole rings is 1. The van der Waals surface area contributed by atoms with Crippen LogP contribution in [0.4, 0.5) is 5.69 Å². The molecule has 0 spiro atoms. The monoisotopic (exact) mass is 481 g/mol. The van der Waals surface area contributed by atoms with Gasteiger partial charge in [0.1, 0.15) is 23.2 Å². The van der Waals surface area contributed by atoms with E-state index in [9.17, 15) is 28.5 Å². The van der Waals surface area contributed by atoms with E-state index >= 15 is 0 Å². The zero-order valence-electron chi connectivity index (χ0n) is 17.4. The average Bonchev–Trinajstić information content (AvgIpc) is 3.18. The number of aromatic hydroxyl groups is 2. The molecule has 0 aliphatic carbocycles. The molecule has 11 nitrogen and oxygen atoms in total. The summed E-state index contributed by atoms with van der Waals surface area (Å²) in [5.41, 5.74) is 7.86. The number of carboxylic acid groups (broad SMARTS) is 1. The van der Waals surface area contributed by atoms with Crippen molar-refractivity contribution in [2.75, 3.05) is 4.72 Å². The quantitative estimate of drug-likeness (QED) is 0.0848. The summed E-state index contributed by atoms with van der Waals surface area (Å²) < 4.78 is 24.3. The summed E-state index contributed by atoms with van der Waals surface area (Å²) in [5.74, 6) is -1.58. The van der Waals surface area contributed by atoms with E-state index in [1.807, 2.05) is 0 Å². The Morgan fingerprint density at radius 2 is 1.79 bits per heavy atom. The van der Waals surface area contributed by atoms with E-state index < -0.39 is 16.9 Å². The summed E-state index contributed by atoms with van der Waals surface area (Å²) in [6, 6.07) is 11.7. The number of nitrogens with one attached hydrogen (secondary N) is 3. The summed E-state index contributed by atoms with van der Waals surface area (Å²) in [5, 5.41) is 38.4. The van der Waals surface area contributed by atoms with Gasteiger partial charge in [-0.15, -0.1) is 0 Å². The number of H-pyrrole nitrogens is 1. The Labute approximate surface area is 194 Å². The fourth-order valence-electron chi connectivity index (χ4n) is 3.58. The number of carboxylic acids is 1. The van der Waals surface area contributed by atoms with Gasteiger partial charge in [0.2, 0.25) is 10.9 Å². The predicted octanol–water partition coefficient (Wildman–Crippen LogP) is 2.16. The highest BCUT2D eigenvalue weighted by Crippen LogP contribution is 2.43. The molecule has 0 radical (unpaired) electrons. The maximum atomic E-state index is 11.4. The van der Waals surface area contributed by atoms with Gasteiger partial charge >= 0.3 is 5.97 Å². The molecule has 0 saturated carbocycles. The van der Waals surface area contributed by atoms with Crippen LogP contribution in [0.3, 0.4) is 0 Å². The van der Waals surface area contributed by atoms with Crippen molar-refractivity contribution >= 4 is 39.4 Å². The molecular weight excluding hydrogens is 462 g/mol. The Hall–Kier alpha value is -4.58. The second-order valence-corrected chi connectivity index (χ2v) is 8.18. The molecule has 12 heteroatoms. The average molecular weight is 481 g/mol. The number of carbonyl (C=O) groups is 1. The van der Waals surface area contributed by atoms with Crippen LogP contribution in [0, 0.1) is 5.41 Å². The Kier molecular flexibility index (Phi) is 5.82. The van der Waals surface area contributed by atoms with Crippen molar-refractivity contribution in [1.82, 2.24) is 9.97 Å². The minimum absolute atomic E-state index is 0.0842. The van der Waals surface area contributed by atoms with Gasteiger partial charge in [-0.1, -0.05) is 0 Å². The topological polar surface area (TPSA) is 202 Å². The Morgan fingerprint density at radius 3 is 2.47 bits per heavy atom. The van der Waals surface area contributed by atoms with Crippen molar-refractivity contribution in [3.63, 3.8) is 0 Å². The van der Waals surface area contributed by atoms with Crippen LogP contribution in [0.5, 0.6) is 11.5 Å². The Morgan fingerprint density at radius 1 is 1.06 bits per heavy atom. The number of rotatable bonds is 7. The third-order valence-corrected chi connectivity index (χ3v) is 5.52. The minimum Gasteiger partial charge on any atom is -0.507 e. The van der Waals surface area contributed by atoms with Gasteiger partial charge in [0, 0.05) is 22.4 Å². The number of anilines is 1. The highest BCUT2D eigenvalue weighted by Gasteiger charge is 2.20. The van der Waals surface area contributed by atoms with E-state index in [1.54, 1.807) is 18.2 Å². The van der Waals surface area contributed by atoms with Crippen molar-refractivity contribution in [2.45, 2.75) is 6.42 Å². The lowest BCUT2D eigenvalue weighted by Gasteiger charge is -2.14. The van der Waals surface area contributed by atoms with Gasteiger partial charge in [-0.05, 0) is 54.1 Å². The molecule has 0 aliphatic heterocycles. The molecule has 174 valence electrons. The first-order valence-electron chi connectivity index (χ1n) is 9.79. The lowest BCUT2D eigenvalue weighted by atomic mass is 9.95. The van der Waals surface area contributed by atoms with Gasteiger partial charge in [0.15, 0.2) is 0 Å². The molecule has 0 amide bonds. The fourth-order valence-corrected chi connectivity index (χ4v) is 3.93. The van der Waals surface area contributed by atoms with Crippen LogP contribution < -0.4 is 10.5 Å². The van der Waals surface area contributed by atoms with Gasteiger partial charge in [0.25, 0.3) is 0 Å². The molecule has 3 aromatic carbocycles. The maximum absolute atomic E-state index is 11.4. The lowest BCUT2D eigenvalue weighted by Crippen LogP contribution is -2.10. The van der Waals surface area contributed by atoms with Crippen LogP contribution in [0.1, 0.15) is 11.1 Å². The fraction of sp³-hybridized carbons (Fsp3) is 0.0455. The number of nitrogens with zero attached hydrogens (tertiary/aromatic N) is 1. The molecule has 0 saturated heterocycles. The predicted molar refractivity (Wildman–Crippen MR) is 127 cm³/mol. The van der Waals surface area contributed by atoms with Gasteiger partial charge in [-0.25, -0.2) is 13.4 Å². The third-order valence-electron chi connectivity index (χ3n) is 5.08. The second kappa shape index (κ2) is 8.75. The summed E-state index contributed by atoms with van der Waals surface area (Å²) in [7, 11) is -2.97. The number of aromatic nitrogens is 2. The van der Waals surface area contributed by atoms with E-state index in [2.05, 4.69) is 14.7 Å². The smallest absolute Gasteiger partial charge is 0.307 e. The van der Waals surface area contributed by atoms with Crippen molar-refractivity contribution in [1.29, 1.82) is 5.41 Å². The number of phenols is 2. The second-order valence-electron chi connectivity index (χ2n) is 7.44. The van der Waals surface area contributed by atoms with Crippen molar-refractivity contribution in [3.8, 4) is 34.0 Å². The number of amidine groups is 1. The van der Waals surface area contributed by atoms with Crippen LogP contribution in [0.25, 0.3) is 33.5 Å². The van der Waals surface area contributed by atoms with Crippen molar-refractivity contribution in [2.24, 2.45) is 5.73 Å². The minimum atomic E-state index is -2.97. The first kappa shape index (κ1) is 22.6. The standard InChI is InChI=1S/C22H19N5O6S/c23-21(24)11-1-3-16-17(8-11)26-22(25-16)15-6-10(7-19(29)30)5-14(20(15)31)13-9-12(27-34(32)33)2-4-18(13)28/h1-6,8-9,28,31,34H,7H2,(H3,23,24)(H,25,26)(H,29,30)(H,27,32,33). The van der Waals surface area contributed by atoms with E-state index in [1.165, 1.54) is 30.3 Å². The molecular formula is C22H19N5O6S. The molecule has 4 rings (SSSR count). The number of benzene rings is 3. The summed E-state index contributed by atoms with van der Waals surface area (Å²) in [4.78, 5) is 18.9. The normalized spacial score (nSPS) is 11.1. The number of hydrogen-bond donors (Lipinski definition) is 8. The number of fused-ring (bicyclic) bond motifs is 1. The number of aromatic amines is 1. The van der Waals surface area contributed by atoms with Crippen molar-refractivity contribution in [3.05, 3.63) is 59.7 Å². The van der Waals surface area contributed by atoms with Crippen LogP contribution in [0.2, 0.25) is 0 Å². The Balaban J connectivity index is 1.93. The van der Waals surface area contributed by atoms with Gasteiger partial charge in [-0.3, -0.25) is 14.9 Å². The number of nitrogens with two attached hydrogens (primary N) is 1. The first-order chi connectivity index (χ1) is 16.1. The molecule has 0 bridgehead atoms. The summed E-state index contributed by atoms with van der Waals surface area (Å²) in [6.45, 7) is 0. The van der Waals surface area contributed by atoms with Crippen LogP contribution in [-0.2, 0) is 22.1 Å². The van der Waals surface area contributed by atoms with Gasteiger partial charge in [-0.2, -0.15) is 0 Å². The van der Waals surface area contributed by atoms with Gasteiger partial charge < -0.3 is 26.0 Å². The molecule has 1 aromatic heterocycles. The molecule has 34 heavy (non-hydrogen) atoms. The molecule has 0 unspecified atom stereocenters. The number of thiol groups is 1. The van der Waals surface area contributed by atoms with Gasteiger partial charge in [0.05, 0.1) is 23.0 Å². The highest BCUT2D eigenvalue weighted by molar-refractivity contribution is 7.73. The number of phenolic OH excluding ortho intramolecular Hbond substituents is 2. The number of aliphatic carboxylic acids is 1. The van der Waals surface area contributed by atoms with Crippen LogP contribution in [-0.4, -0.2) is 45.5 Å². The zero-order chi connectivity index (χ0) is 24.6. The van der Waals surface area contributed by atoms with Crippen LogP contribution in [0.15, 0.2) is 48.5 Å². The molecule has 0 atom stereocenters. The van der Waals surface area contributed by atoms with E-state index in [-0.39, 0.29) is 52.0 Å². The van der Waals surface area contributed by atoms with E-state index in [0.29, 0.717) is 22.2 Å². The SMILES string of the molecule is N=C(N)c1ccc2[nH]c(-c3cc(CC(=O)O)cc(-c4cc(N[SH](=O)=O)ccc4O)c3O)nc2c1. The largest absolute Gasteiger partial charge is 0.507 e. The lowest BCUT2D eigenvalue weighted by molar-refractivity contribution is -0.136. The first-order valence-corrected chi connectivity index (χ1v) is 11.0. The molecule has 0 aliphatic rings. The zero-order valence-corrected chi connectivity index (χ0v) is 18.3. The summed E-state index contributed by atoms with van der Waals surface area (Å²) in [6.07, 6.45) is -0.375. The molecule has 4 aromatic rings. The molecule has 8 N–H and O–H groups in total. The van der Waals surface area contributed by atoms with E-state index in [0.717, 1.165) is 0 Å². The maximum Gasteiger partial charge on any atom is 0.307 e.